The number of fused-ring (bicyclic) bond motifs is 1. The summed E-state index contributed by atoms with van der Waals surface area (Å²) < 4.78 is 6.37. The van der Waals surface area contributed by atoms with Gasteiger partial charge in [-0.15, -0.1) is 0 Å². The molecule has 0 spiro atoms. The minimum absolute atomic E-state index is 0.277. The van der Waals surface area contributed by atoms with Crippen molar-refractivity contribution >= 4 is 22.8 Å². The number of carbonyl (C=O) groups excluding carboxylic acids is 2. The maximum absolute atomic E-state index is 11.8. The number of hydrogen-bond donors (Lipinski definition) is 1. The number of carbonyl (C=O) groups is 2. The smallest absolute Gasteiger partial charge is 0.328 e. The number of nitrogens with one attached hydrogen (secondary N) is 1. The van der Waals surface area contributed by atoms with E-state index in [-0.39, 0.29) is 5.91 Å². The van der Waals surface area contributed by atoms with Gasteiger partial charge >= 0.3 is 5.97 Å². The Bertz CT molecular complexity index is 663. The van der Waals surface area contributed by atoms with Crippen molar-refractivity contribution in [1.82, 2.24) is 10.0 Å². The summed E-state index contributed by atoms with van der Waals surface area (Å²) in [5.41, 5.74) is 1.80. The lowest BCUT2D eigenvalue weighted by molar-refractivity contribution is -0.144. The van der Waals surface area contributed by atoms with E-state index in [4.69, 9.17) is 9.57 Å². The third kappa shape index (κ3) is 3.16. The number of rotatable bonds is 5. The largest absolute Gasteiger partial charge is 0.467 e. The predicted molar refractivity (Wildman–Crippen MR) is 77.8 cm³/mol. The third-order valence-corrected chi connectivity index (χ3v) is 3.24. The van der Waals surface area contributed by atoms with Crippen LogP contribution in [0.25, 0.3) is 10.9 Å². The van der Waals surface area contributed by atoms with Crippen molar-refractivity contribution in [1.29, 1.82) is 0 Å². The molecule has 0 aliphatic carbocycles. The van der Waals surface area contributed by atoms with Crippen LogP contribution in [0.4, 0.5) is 0 Å². The van der Waals surface area contributed by atoms with E-state index in [2.05, 4.69) is 5.32 Å². The average Bonchev–Trinajstić information content (AvgIpc) is 2.83. The van der Waals surface area contributed by atoms with Gasteiger partial charge in [-0.3, -0.25) is 4.79 Å². The normalized spacial score (nSPS) is 12.0. The number of para-hydroxylation sites is 1. The van der Waals surface area contributed by atoms with E-state index < -0.39 is 12.0 Å². The van der Waals surface area contributed by atoms with Crippen molar-refractivity contribution in [3.05, 3.63) is 36.0 Å². The summed E-state index contributed by atoms with van der Waals surface area (Å²) in [5.74, 6) is -0.750. The van der Waals surface area contributed by atoms with Crippen LogP contribution in [0.15, 0.2) is 30.5 Å². The van der Waals surface area contributed by atoms with E-state index in [1.807, 2.05) is 30.5 Å². The van der Waals surface area contributed by atoms with E-state index in [0.717, 1.165) is 16.5 Å². The summed E-state index contributed by atoms with van der Waals surface area (Å²) in [6, 6.07) is 6.98. The second-order valence-corrected chi connectivity index (χ2v) is 4.66. The first kappa shape index (κ1) is 14.9. The second kappa shape index (κ2) is 6.30. The molecule has 0 aliphatic rings. The average molecular weight is 290 g/mol. The number of nitrogens with zero attached hydrogens (tertiary/aromatic N) is 1. The van der Waals surface area contributed by atoms with Crippen molar-refractivity contribution < 1.29 is 19.2 Å². The highest BCUT2D eigenvalue weighted by molar-refractivity contribution is 5.87. The summed E-state index contributed by atoms with van der Waals surface area (Å²) in [6.45, 7) is 1.37. The number of aromatic nitrogens is 1. The van der Waals surface area contributed by atoms with Crippen molar-refractivity contribution in [2.75, 3.05) is 14.2 Å². The lowest BCUT2D eigenvalue weighted by Crippen LogP contribution is -2.41. The first-order valence-electron chi connectivity index (χ1n) is 6.55. The molecule has 6 heteroatoms. The maximum Gasteiger partial charge on any atom is 0.328 e. The van der Waals surface area contributed by atoms with E-state index in [0.29, 0.717) is 6.42 Å². The molecule has 0 fully saturated rings. The Hall–Kier alpha value is -2.50. The third-order valence-electron chi connectivity index (χ3n) is 3.24. The fourth-order valence-electron chi connectivity index (χ4n) is 2.33. The zero-order valence-corrected chi connectivity index (χ0v) is 12.3. The zero-order valence-electron chi connectivity index (χ0n) is 12.3. The number of methoxy groups -OCH3 is 1. The molecule has 21 heavy (non-hydrogen) atoms. The summed E-state index contributed by atoms with van der Waals surface area (Å²) >= 11 is 0. The molecule has 0 bridgehead atoms. The van der Waals surface area contributed by atoms with Crippen LogP contribution in [-0.2, 0) is 20.7 Å². The lowest BCUT2D eigenvalue weighted by atomic mass is 10.1. The molecule has 1 aromatic carbocycles. The Labute approximate surface area is 122 Å². The highest BCUT2D eigenvalue weighted by Gasteiger charge is 2.22. The minimum Gasteiger partial charge on any atom is -0.467 e. The van der Waals surface area contributed by atoms with Gasteiger partial charge < -0.3 is 14.9 Å². The van der Waals surface area contributed by atoms with Crippen LogP contribution in [0.5, 0.6) is 0 Å². The number of hydrogen-bond acceptors (Lipinski definition) is 4. The minimum atomic E-state index is -0.719. The molecule has 0 aliphatic heterocycles. The zero-order chi connectivity index (χ0) is 15.4. The van der Waals surface area contributed by atoms with Gasteiger partial charge in [0, 0.05) is 24.9 Å². The predicted octanol–water partition coefficient (Wildman–Crippen LogP) is 0.920. The Balaban J connectivity index is 2.36. The van der Waals surface area contributed by atoms with Crippen LogP contribution >= 0.6 is 0 Å². The molecule has 1 atom stereocenters. The van der Waals surface area contributed by atoms with Crippen LogP contribution < -0.4 is 10.2 Å². The van der Waals surface area contributed by atoms with Crippen LogP contribution in [0.2, 0.25) is 0 Å². The van der Waals surface area contributed by atoms with Gasteiger partial charge in [0.05, 0.1) is 12.6 Å². The van der Waals surface area contributed by atoms with Crippen molar-refractivity contribution in [2.24, 2.45) is 0 Å². The highest BCUT2D eigenvalue weighted by Crippen LogP contribution is 2.21. The molecule has 1 N–H and O–H groups in total. The molecule has 0 radical (unpaired) electrons. The summed E-state index contributed by atoms with van der Waals surface area (Å²) in [5, 5.41) is 3.58. The molecule has 6 nitrogen and oxygen atoms in total. The van der Waals surface area contributed by atoms with Gasteiger partial charge in [0.15, 0.2) is 0 Å². The van der Waals surface area contributed by atoms with Gasteiger partial charge in [-0.25, -0.2) is 4.79 Å². The molecule has 1 aromatic heterocycles. The van der Waals surface area contributed by atoms with Crippen LogP contribution in [-0.4, -0.2) is 36.9 Å². The first-order chi connectivity index (χ1) is 10.1. The van der Waals surface area contributed by atoms with E-state index in [9.17, 15) is 9.59 Å². The van der Waals surface area contributed by atoms with Gasteiger partial charge in [0.25, 0.3) is 0 Å². The molecule has 2 rings (SSSR count). The Morgan fingerprint density at radius 3 is 2.62 bits per heavy atom. The van der Waals surface area contributed by atoms with Crippen LogP contribution in [0.3, 0.4) is 0 Å². The van der Waals surface area contributed by atoms with Gasteiger partial charge in [-0.2, -0.15) is 4.73 Å². The number of benzene rings is 1. The Morgan fingerprint density at radius 2 is 2.00 bits per heavy atom. The van der Waals surface area contributed by atoms with Crippen molar-refractivity contribution in [2.45, 2.75) is 19.4 Å². The Kier molecular flexibility index (Phi) is 4.47. The van der Waals surface area contributed by atoms with E-state index >= 15 is 0 Å². The van der Waals surface area contributed by atoms with Gasteiger partial charge in [-0.05, 0) is 11.6 Å². The number of ether oxygens (including phenoxy) is 1. The standard InChI is InChI=1S/C15H18N2O4/c1-10(18)16-13(15(19)20-2)8-11-9-17(21-3)14-7-5-4-6-12(11)14/h4-7,9,13H,8H2,1-3H3,(H,16,18)/t13-/m1/s1. The van der Waals surface area contributed by atoms with Crippen LogP contribution in [0.1, 0.15) is 12.5 Å². The first-order valence-corrected chi connectivity index (χ1v) is 6.55. The molecular formula is C15H18N2O4. The SMILES string of the molecule is COC(=O)[C@@H](Cc1cn(OC)c2ccccc12)NC(C)=O. The molecular weight excluding hydrogens is 272 g/mol. The molecule has 112 valence electrons. The summed E-state index contributed by atoms with van der Waals surface area (Å²) in [6.07, 6.45) is 2.14. The second-order valence-electron chi connectivity index (χ2n) is 4.66. The lowest BCUT2D eigenvalue weighted by Gasteiger charge is -2.14. The van der Waals surface area contributed by atoms with Gasteiger partial charge in [0.1, 0.15) is 13.2 Å². The molecule has 0 saturated heterocycles. The molecule has 0 unspecified atom stereocenters. The Morgan fingerprint density at radius 1 is 1.29 bits per heavy atom. The maximum atomic E-state index is 11.8. The molecule has 0 saturated carbocycles. The molecule has 1 amide bonds. The summed E-state index contributed by atoms with van der Waals surface area (Å²) in [4.78, 5) is 28.3. The fourth-order valence-corrected chi connectivity index (χ4v) is 2.33. The fraction of sp³-hybridized carbons (Fsp3) is 0.333. The molecule has 2 aromatic rings. The van der Waals surface area contributed by atoms with E-state index in [1.54, 1.807) is 11.8 Å². The van der Waals surface area contributed by atoms with Crippen molar-refractivity contribution in [3.8, 4) is 0 Å². The van der Waals surface area contributed by atoms with Gasteiger partial charge in [-0.1, -0.05) is 18.2 Å². The topological polar surface area (TPSA) is 69.6 Å². The van der Waals surface area contributed by atoms with Crippen molar-refractivity contribution in [3.63, 3.8) is 0 Å². The van der Waals surface area contributed by atoms with Crippen LogP contribution in [0, 0.1) is 0 Å². The number of amides is 1. The van der Waals surface area contributed by atoms with E-state index in [1.165, 1.54) is 14.0 Å². The highest BCUT2D eigenvalue weighted by atomic mass is 16.6. The number of esters is 1. The van der Waals surface area contributed by atoms with Gasteiger partial charge in [0.2, 0.25) is 5.91 Å². The monoisotopic (exact) mass is 290 g/mol. The quantitative estimate of drug-likeness (QED) is 0.831. The molecule has 1 heterocycles. The summed E-state index contributed by atoms with van der Waals surface area (Å²) in [7, 11) is 2.87.